The zero-order valence-corrected chi connectivity index (χ0v) is 14.5. The number of hydrogen-bond acceptors (Lipinski definition) is 5. The van der Waals surface area contributed by atoms with Crippen LogP contribution in [-0.2, 0) is 21.1 Å². The van der Waals surface area contributed by atoms with Gasteiger partial charge in [-0.3, -0.25) is 4.79 Å². The fourth-order valence-electron chi connectivity index (χ4n) is 2.46. The van der Waals surface area contributed by atoms with Crippen LogP contribution in [0.5, 0.6) is 0 Å². The van der Waals surface area contributed by atoms with E-state index in [4.69, 9.17) is 11.6 Å². The van der Waals surface area contributed by atoms with Gasteiger partial charge in [0.05, 0.1) is 17.4 Å². The summed E-state index contributed by atoms with van der Waals surface area (Å²) < 4.78 is 22.9. The first-order chi connectivity index (χ1) is 10.9. The van der Waals surface area contributed by atoms with Gasteiger partial charge in [-0.05, 0) is 24.1 Å². The minimum absolute atomic E-state index is 0.0676. The Labute approximate surface area is 143 Å². The number of benzene rings is 1. The Hall–Kier alpha value is -1.44. The highest BCUT2D eigenvalue weighted by Gasteiger charge is 2.33. The van der Waals surface area contributed by atoms with Gasteiger partial charge >= 0.3 is 0 Å². The van der Waals surface area contributed by atoms with Gasteiger partial charge in [0.25, 0.3) is 0 Å². The minimum atomic E-state index is -3.06. The number of amides is 1. The molecule has 1 aliphatic heterocycles. The van der Waals surface area contributed by atoms with Crippen LogP contribution in [0.2, 0.25) is 5.02 Å². The van der Waals surface area contributed by atoms with Crippen molar-refractivity contribution in [3.05, 3.63) is 45.9 Å². The molecule has 1 saturated heterocycles. The summed E-state index contributed by atoms with van der Waals surface area (Å²) in [6, 6.07) is 7.57. The predicted octanol–water partition coefficient (Wildman–Crippen LogP) is 2.76. The van der Waals surface area contributed by atoms with Gasteiger partial charge in [-0.2, -0.15) is 0 Å². The van der Waals surface area contributed by atoms with Crippen LogP contribution in [-0.4, -0.2) is 30.8 Å². The summed E-state index contributed by atoms with van der Waals surface area (Å²) in [5.41, 5.74) is 1.11. The maximum atomic E-state index is 12.1. The van der Waals surface area contributed by atoms with Crippen LogP contribution in [0.15, 0.2) is 30.5 Å². The molecular formula is C15H15ClN2O3S2. The average molecular weight is 371 g/mol. The molecule has 5 nitrogen and oxygen atoms in total. The first kappa shape index (κ1) is 16.4. The molecule has 1 aromatic heterocycles. The molecule has 1 amide bonds. The minimum Gasteiger partial charge on any atom is -0.302 e. The molecule has 1 fully saturated rings. The topological polar surface area (TPSA) is 76.1 Å². The summed E-state index contributed by atoms with van der Waals surface area (Å²) in [5.74, 6) is -0.714. The third-order valence-corrected chi connectivity index (χ3v) is 6.61. The smallest absolute Gasteiger partial charge is 0.230 e. The largest absolute Gasteiger partial charge is 0.302 e. The Morgan fingerprint density at radius 1 is 1.35 bits per heavy atom. The van der Waals surface area contributed by atoms with E-state index >= 15 is 0 Å². The lowest BCUT2D eigenvalue weighted by molar-refractivity contribution is -0.119. The Kier molecular flexibility index (Phi) is 4.70. The molecule has 0 saturated carbocycles. The number of thiazole rings is 1. The molecule has 8 heteroatoms. The molecule has 0 bridgehead atoms. The van der Waals surface area contributed by atoms with E-state index in [-0.39, 0.29) is 17.4 Å². The fraction of sp³-hybridized carbons (Fsp3) is 0.333. The molecular weight excluding hydrogens is 356 g/mol. The van der Waals surface area contributed by atoms with Gasteiger partial charge in [-0.25, -0.2) is 13.4 Å². The molecule has 0 radical (unpaired) electrons. The quantitative estimate of drug-likeness (QED) is 0.897. The van der Waals surface area contributed by atoms with Crippen LogP contribution in [0.1, 0.15) is 16.9 Å². The molecule has 1 aromatic carbocycles. The number of carbonyl (C=O) groups excluding carboxylic acids is 1. The Bertz CT molecular complexity index is 816. The Balaban J connectivity index is 1.61. The number of anilines is 1. The van der Waals surface area contributed by atoms with Crippen molar-refractivity contribution in [2.24, 2.45) is 5.92 Å². The molecule has 1 atom stereocenters. The zero-order chi connectivity index (χ0) is 16.4. The number of hydrogen-bond donors (Lipinski definition) is 1. The van der Waals surface area contributed by atoms with Gasteiger partial charge < -0.3 is 5.32 Å². The molecule has 2 heterocycles. The number of rotatable bonds is 4. The number of nitrogens with one attached hydrogen (secondary N) is 1. The fourth-order valence-corrected chi connectivity index (χ4v) is 5.18. The number of halogens is 1. The van der Waals surface area contributed by atoms with Crippen molar-refractivity contribution in [3.63, 3.8) is 0 Å². The first-order valence-electron chi connectivity index (χ1n) is 7.12. The summed E-state index contributed by atoms with van der Waals surface area (Å²) in [4.78, 5) is 17.3. The van der Waals surface area contributed by atoms with Gasteiger partial charge in [-0.15, -0.1) is 11.3 Å². The summed E-state index contributed by atoms with van der Waals surface area (Å²) in [6.45, 7) is 0. The van der Waals surface area contributed by atoms with E-state index in [0.29, 0.717) is 23.0 Å². The van der Waals surface area contributed by atoms with E-state index in [0.717, 1.165) is 10.4 Å². The summed E-state index contributed by atoms with van der Waals surface area (Å²) in [6.07, 6.45) is 2.82. The molecule has 23 heavy (non-hydrogen) atoms. The van der Waals surface area contributed by atoms with Crippen molar-refractivity contribution in [1.29, 1.82) is 0 Å². The van der Waals surface area contributed by atoms with Crippen molar-refractivity contribution in [3.8, 4) is 0 Å². The molecule has 1 aliphatic rings. The first-order valence-corrected chi connectivity index (χ1v) is 10.1. The zero-order valence-electron chi connectivity index (χ0n) is 12.2. The third kappa shape index (κ3) is 4.31. The predicted molar refractivity (Wildman–Crippen MR) is 91.8 cm³/mol. The molecule has 0 aliphatic carbocycles. The van der Waals surface area contributed by atoms with Gasteiger partial charge in [0.1, 0.15) is 0 Å². The lowest BCUT2D eigenvalue weighted by Crippen LogP contribution is -2.23. The molecule has 2 aromatic rings. The molecule has 1 unspecified atom stereocenters. The lowest BCUT2D eigenvalue weighted by atomic mass is 10.1. The summed E-state index contributed by atoms with van der Waals surface area (Å²) in [7, 11) is -3.06. The van der Waals surface area contributed by atoms with Crippen LogP contribution in [0.25, 0.3) is 0 Å². The van der Waals surface area contributed by atoms with Crippen molar-refractivity contribution in [1.82, 2.24) is 4.98 Å². The van der Waals surface area contributed by atoms with Crippen LogP contribution in [0.4, 0.5) is 5.13 Å². The number of carbonyl (C=O) groups is 1. The Morgan fingerprint density at radius 2 is 2.09 bits per heavy atom. The van der Waals surface area contributed by atoms with Crippen molar-refractivity contribution >= 4 is 43.8 Å². The van der Waals surface area contributed by atoms with Crippen LogP contribution >= 0.6 is 22.9 Å². The molecule has 0 spiro atoms. The highest BCUT2D eigenvalue weighted by Crippen LogP contribution is 2.24. The van der Waals surface area contributed by atoms with Crippen LogP contribution in [0, 0.1) is 5.92 Å². The average Bonchev–Trinajstić information content (AvgIpc) is 3.08. The maximum Gasteiger partial charge on any atom is 0.230 e. The lowest BCUT2D eigenvalue weighted by Gasteiger charge is -2.06. The van der Waals surface area contributed by atoms with E-state index in [1.807, 2.05) is 24.3 Å². The second-order valence-electron chi connectivity index (χ2n) is 5.52. The SMILES string of the molecule is O=C(Nc1ncc(Cc2ccc(Cl)cc2)s1)C1CCS(=O)(=O)C1. The van der Waals surface area contributed by atoms with Crippen molar-refractivity contribution in [2.75, 3.05) is 16.8 Å². The van der Waals surface area contributed by atoms with Gasteiger partial charge in [-0.1, -0.05) is 23.7 Å². The standard InChI is InChI=1S/C15H15ClN2O3S2/c16-12-3-1-10(2-4-12)7-13-8-17-15(22-13)18-14(19)11-5-6-23(20,21)9-11/h1-4,8,11H,5-7,9H2,(H,17,18,19). The molecule has 3 rings (SSSR count). The normalized spacial score (nSPS) is 19.6. The monoisotopic (exact) mass is 370 g/mol. The summed E-state index contributed by atoms with van der Waals surface area (Å²) in [5, 5.41) is 3.92. The number of sulfone groups is 1. The van der Waals surface area contributed by atoms with Gasteiger partial charge in [0.2, 0.25) is 5.91 Å². The van der Waals surface area contributed by atoms with Gasteiger partial charge in [0, 0.05) is 22.5 Å². The van der Waals surface area contributed by atoms with Gasteiger partial charge in [0.15, 0.2) is 15.0 Å². The summed E-state index contributed by atoms with van der Waals surface area (Å²) >= 11 is 7.25. The molecule has 122 valence electrons. The second kappa shape index (κ2) is 6.59. The maximum absolute atomic E-state index is 12.1. The number of aromatic nitrogens is 1. The number of nitrogens with zero attached hydrogens (tertiary/aromatic N) is 1. The molecule has 1 N–H and O–H groups in total. The van der Waals surface area contributed by atoms with Crippen LogP contribution < -0.4 is 5.32 Å². The van der Waals surface area contributed by atoms with Crippen molar-refractivity contribution < 1.29 is 13.2 Å². The second-order valence-corrected chi connectivity index (χ2v) is 9.30. The van der Waals surface area contributed by atoms with E-state index in [1.165, 1.54) is 11.3 Å². The highest BCUT2D eigenvalue weighted by atomic mass is 35.5. The third-order valence-electron chi connectivity index (χ3n) is 3.68. The van der Waals surface area contributed by atoms with Crippen molar-refractivity contribution in [2.45, 2.75) is 12.8 Å². The Morgan fingerprint density at radius 3 is 2.74 bits per heavy atom. The van der Waals surface area contributed by atoms with Crippen LogP contribution in [0.3, 0.4) is 0 Å². The van der Waals surface area contributed by atoms with E-state index in [9.17, 15) is 13.2 Å². The van der Waals surface area contributed by atoms with E-state index in [2.05, 4.69) is 10.3 Å². The highest BCUT2D eigenvalue weighted by molar-refractivity contribution is 7.91. The van der Waals surface area contributed by atoms with E-state index in [1.54, 1.807) is 6.20 Å². The van der Waals surface area contributed by atoms with E-state index < -0.39 is 15.8 Å².